The second kappa shape index (κ2) is 4.17. The van der Waals surface area contributed by atoms with Gasteiger partial charge in [-0.2, -0.15) is 0 Å². The lowest BCUT2D eigenvalue weighted by Crippen LogP contribution is -2.00. The molecule has 21 heavy (non-hydrogen) atoms. The first-order chi connectivity index (χ1) is 10.2. The molecule has 0 aliphatic rings. The van der Waals surface area contributed by atoms with E-state index >= 15 is 0 Å². The van der Waals surface area contributed by atoms with E-state index in [0.717, 1.165) is 22.1 Å². The summed E-state index contributed by atoms with van der Waals surface area (Å²) in [5, 5.41) is 8.91. The van der Waals surface area contributed by atoms with Crippen molar-refractivity contribution in [2.45, 2.75) is 0 Å². The number of carbonyl (C=O) groups is 1. The summed E-state index contributed by atoms with van der Waals surface area (Å²) >= 11 is 0. The fraction of sp³-hybridized carbons (Fsp3) is 0. The molecule has 4 aromatic heterocycles. The number of aromatic nitrogens is 4. The molecule has 0 saturated heterocycles. The molecule has 0 aliphatic heterocycles. The van der Waals surface area contributed by atoms with Crippen LogP contribution in [0.25, 0.3) is 27.9 Å². The molecule has 2 N–H and O–H groups in total. The molecule has 0 radical (unpaired) electrons. The van der Waals surface area contributed by atoms with Crippen molar-refractivity contribution in [2.75, 3.05) is 0 Å². The zero-order valence-corrected chi connectivity index (χ0v) is 10.8. The normalized spacial score (nSPS) is 11.2. The summed E-state index contributed by atoms with van der Waals surface area (Å²) in [5.41, 5.74) is 3.81. The molecule has 0 atom stereocenters. The maximum absolute atomic E-state index is 10.9. The molecule has 0 unspecified atom stereocenters. The van der Waals surface area contributed by atoms with Crippen LogP contribution >= 0.6 is 0 Å². The number of hydrogen-bond acceptors (Lipinski definition) is 3. The van der Waals surface area contributed by atoms with Gasteiger partial charge in [-0.05, 0) is 30.3 Å². The highest BCUT2D eigenvalue weighted by molar-refractivity contribution is 5.90. The number of rotatable bonds is 2. The van der Waals surface area contributed by atoms with Crippen molar-refractivity contribution in [3.8, 4) is 5.82 Å². The lowest BCUT2D eigenvalue weighted by atomic mass is 10.3. The van der Waals surface area contributed by atoms with Crippen molar-refractivity contribution in [1.82, 2.24) is 19.5 Å². The van der Waals surface area contributed by atoms with E-state index in [0.29, 0.717) is 5.82 Å². The fourth-order valence-corrected chi connectivity index (χ4v) is 2.38. The average molecular weight is 278 g/mol. The van der Waals surface area contributed by atoms with Gasteiger partial charge in [-0.25, -0.2) is 14.8 Å². The van der Waals surface area contributed by atoms with Gasteiger partial charge < -0.3 is 10.1 Å². The number of carboxylic acids is 1. The minimum atomic E-state index is -0.985. The van der Waals surface area contributed by atoms with Crippen LogP contribution in [0.15, 0.2) is 48.9 Å². The number of aromatic carboxylic acids is 1. The highest BCUT2D eigenvalue weighted by Crippen LogP contribution is 2.22. The van der Waals surface area contributed by atoms with Gasteiger partial charge in [-0.1, -0.05) is 0 Å². The summed E-state index contributed by atoms with van der Waals surface area (Å²) in [6.45, 7) is 0. The maximum Gasteiger partial charge on any atom is 0.337 e. The summed E-state index contributed by atoms with van der Waals surface area (Å²) in [7, 11) is 0. The molecule has 4 heterocycles. The molecule has 0 saturated carbocycles. The quantitative estimate of drug-likeness (QED) is 0.590. The Morgan fingerprint density at radius 3 is 2.86 bits per heavy atom. The summed E-state index contributed by atoms with van der Waals surface area (Å²) in [6, 6.07) is 9.06. The van der Waals surface area contributed by atoms with Gasteiger partial charge in [0, 0.05) is 18.6 Å². The van der Waals surface area contributed by atoms with E-state index in [2.05, 4.69) is 15.0 Å². The SMILES string of the molecule is O=C(O)c1ccc(-n2ccc3nc4cc[nH]c4cc32)nc1. The summed E-state index contributed by atoms with van der Waals surface area (Å²) in [4.78, 5) is 22.8. The van der Waals surface area contributed by atoms with E-state index < -0.39 is 5.97 Å². The second-order valence-corrected chi connectivity index (χ2v) is 4.70. The highest BCUT2D eigenvalue weighted by Gasteiger charge is 2.09. The Morgan fingerprint density at radius 2 is 2.10 bits per heavy atom. The van der Waals surface area contributed by atoms with Crippen LogP contribution in [0.2, 0.25) is 0 Å². The molecule has 6 heteroatoms. The van der Waals surface area contributed by atoms with Crippen molar-refractivity contribution in [3.05, 3.63) is 54.5 Å². The minimum absolute atomic E-state index is 0.167. The molecule has 0 fully saturated rings. The van der Waals surface area contributed by atoms with E-state index in [1.165, 1.54) is 12.3 Å². The molecule has 4 aromatic rings. The van der Waals surface area contributed by atoms with Gasteiger partial charge >= 0.3 is 5.97 Å². The number of pyridine rings is 2. The van der Waals surface area contributed by atoms with E-state index in [-0.39, 0.29) is 5.56 Å². The molecule has 0 bridgehead atoms. The first-order valence-corrected chi connectivity index (χ1v) is 6.37. The smallest absolute Gasteiger partial charge is 0.337 e. The number of nitrogens with one attached hydrogen (secondary N) is 1. The summed E-state index contributed by atoms with van der Waals surface area (Å²) in [6.07, 6.45) is 5.07. The van der Waals surface area contributed by atoms with Crippen LogP contribution in [0.5, 0.6) is 0 Å². The maximum atomic E-state index is 10.9. The third-order valence-corrected chi connectivity index (χ3v) is 3.42. The molecule has 0 aliphatic carbocycles. The predicted octanol–water partition coefficient (Wildman–Crippen LogP) is 2.60. The van der Waals surface area contributed by atoms with Crippen molar-refractivity contribution in [1.29, 1.82) is 0 Å². The van der Waals surface area contributed by atoms with Gasteiger partial charge in [0.05, 0.1) is 27.6 Å². The number of carboxylic acid groups (broad SMARTS) is 1. The molecular weight excluding hydrogens is 268 g/mol. The van der Waals surface area contributed by atoms with E-state index in [1.807, 2.05) is 35.2 Å². The summed E-state index contributed by atoms with van der Waals surface area (Å²) < 4.78 is 1.88. The van der Waals surface area contributed by atoms with E-state index in [1.54, 1.807) is 6.07 Å². The van der Waals surface area contributed by atoms with Crippen LogP contribution in [0.4, 0.5) is 0 Å². The topological polar surface area (TPSA) is 83.8 Å². The number of nitrogens with zero attached hydrogens (tertiary/aromatic N) is 3. The Hall–Kier alpha value is -3.15. The van der Waals surface area contributed by atoms with Gasteiger partial charge in [-0.15, -0.1) is 0 Å². The number of hydrogen-bond donors (Lipinski definition) is 2. The second-order valence-electron chi connectivity index (χ2n) is 4.70. The van der Waals surface area contributed by atoms with Crippen LogP contribution in [0, 0.1) is 0 Å². The van der Waals surface area contributed by atoms with Gasteiger partial charge in [-0.3, -0.25) is 4.57 Å². The molecular formula is C15H10N4O2. The first kappa shape index (κ1) is 11.7. The third-order valence-electron chi connectivity index (χ3n) is 3.42. The largest absolute Gasteiger partial charge is 0.478 e. The Balaban J connectivity index is 1.90. The molecule has 0 spiro atoms. The van der Waals surface area contributed by atoms with Crippen molar-refractivity contribution in [2.24, 2.45) is 0 Å². The summed E-state index contributed by atoms with van der Waals surface area (Å²) in [5.74, 6) is -0.330. The highest BCUT2D eigenvalue weighted by atomic mass is 16.4. The lowest BCUT2D eigenvalue weighted by molar-refractivity contribution is 0.0696. The first-order valence-electron chi connectivity index (χ1n) is 6.37. The Labute approximate surface area is 118 Å². The predicted molar refractivity (Wildman–Crippen MR) is 77.7 cm³/mol. The van der Waals surface area contributed by atoms with Crippen molar-refractivity contribution in [3.63, 3.8) is 0 Å². The Morgan fingerprint density at radius 1 is 1.19 bits per heavy atom. The van der Waals surface area contributed by atoms with Crippen LogP contribution in [-0.4, -0.2) is 30.6 Å². The van der Waals surface area contributed by atoms with Crippen molar-refractivity contribution < 1.29 is 9.90 Å². The minimum Gasteiger partial charge on any atom is -0.478 e. The standard InChI is InChI=1S/C15H10N4O2/c20-15(21)9-1-2-14(17-8-9)19-6-4-11-13(19)7-12-10(18-11)3-5-16-12/h1-8,16H,(H,20,21). The van der Waals surface area contributed by atoms with Gasteiger partial charge in [0.2, 0.25) is 0 Å². The number of aromatic amines is 1. The van der Waals surface area contributed by atoms with E-state index in [4.69, 9.17) is 5.11 Å². The van der Waals surface area contributed by atoms with Crippen LogP contribution in [0.3, 0.4) is 0 Å². The van der Waals surface area contributed by atoms with Crippen LogP contribution < -0.4 is 0 Å². The molecule has 102 valence electrons. The van der Waals surface area contributed by atoms with Crippen LogP contribution in [0.1, 0.15) is 10.4 Å². The van der Waals surface area contributed by atoms with Crippen LogP contribution in [-0.2, 0) is 0 Å². The molecule has 4 rings (SSSR count). The zero-order valence-electron chi connectivity index (χ0n) is 10.8. The van der Waals surface area contributed by atoms with Gasteiger partial charge in [0.15, 0.2) is 0 Å². The lowest BCUT2D eigenvalue weighted by Gasteiger charge is -2.04. The Kier molecular flexibility index (Phi) is 2.32. The average Bonchev–Trinajstić information content (AvgIpc) is 3.10. The van der Waals surface area contributed by atoms with Gasteiger partial charge in [0.1, 0.15) is 5.82 Å². The fourth-order valence-electron chi connectivity index (χ4n) is 2.38. The van der Waals surface area contributed by atoms with E-state index in [9.17, 15) is 4.79 Å². The third kappa shape index (κ3) is 1.77. The number of H-pyrrole nitrogens is 1. The monoisotopic (exact) mass is 278 g/mol. The Bertz CT molecular complexity index is 966. The molecule has 0 aromatic carbocycles. The van der Waals surface area contributed by atoms with Gasteiger partial charge in [0.25, 0.3) is 0 Å². The zero-order chi connectivity index (χ0) is 14.4. The molecule has 6 nitrogen and oxygen atoms in total. The van der Waals surface area contributed by atoms with Crippen molar-refractivity contribution >= 4 is 28.0 Å². The molecule has 0 amide bonds. The number of fused-ring (bicyclic) bond motifs is 2.